The van der Waals surface area contributed by atoms with Gasteiger partial charge in [-0.15, -0.1) is 0 Å². The molecule has 162 valence electrons. The van der Waals surface area contributed by atoms with E-state index in [0.717, 1.165) is 11.1 Å². The van der Waals surface area contributed by atoms with Crippen molar-refractivity contribution in [1.29, 1.82) is 0 Å². The van der Waals surface area contributed by atoms with Crippen molar-refractivity contribution in [3.63, 3.8) is 0 Å². The number of methoxy groups -OCH3 is 2. The number of nitrogens with one attached hydrogen (secondary N) is 1. The Balaban J connectivity index is 2.22. The Labute approximate surface area is 177 Å². The number of rotatable bonds is 10. The van der Waals surface area contributed by atoms with E-state index in [1.165, 1.54) is 0 Å². The van der Waals surface area contributed by atoms with Crippen molar-refractivity contribution in [1.82, 2.24) is 10.2 Å². The van der Waals surface area contributed by atoms with Crippen molar-refractivity contribution in [2.24, 2.45) is 0 Å². The van der Waals surface area contributed by atoms with E-state index in [4.69, 9.17) is 14.2 Å². The maximum absolute atomic E-state index is 13.1. The summed E-state index contributed by atoms with van der Waals surface area (Å²) in [5, 5.41) is 2.65. The largest absolute Gasteiger partial charge is 0.496 e. The van der Waals surface area contributed by atoms with Crippen molar-refractivity contribution in [3.05, 3.63) is 53.6 Å². The fourth-order valence-corrected chi connectivity index (χ4v) is 3.19. The second kappa shape index (κ2) is 11.1. The van der Waals surface area contributed by atoms with Crippen LogP contribution < -0.4 is 19.5 Å². The van der Waals surface area contributed by atoms with E-state index in [2.05, 4.69) is 5.32 Å². The van der Waals surface area contributed by atoms with Crippen LogP contribution in [0.4, 0.5) is 0 Å². The summed E-state index contributed by atoms with van der Waals surface area (Å²) < 4.78 is 16.2. The second-order valence-electron chi connectivity index (χ2n) is 6.89. The molecule has 1 atom stereocenters. The van der Waals surface area contributed by atoms with Crippen LogP contribution in [-0.2, 0) is 16.1 Å². The Morgan fingerprint density at radius 2 is 1.67 bits per heavy atom. The van der Waals surface area contributed by atoms with Gasteiger partial charge in [0, 0.05) is 31.8 Å². The molecule has 0 aromatic heterocycles. The van der Waals surface area contributed by atoms with E-state index in [1.54, 1.807) is 44.4 Å². The highest BCUT2D eigenvalue weighted by molar-refractivity contribution is 5.88. The van der Waals surface area contributed by atoms with Crippen molar-refractivity contribution in [3.8, 4) is 17.2 Å². The number of benzene rings is 2. The number of hydrogen-bond donors (Lipinski definition) is 1. The lowest BCUT2D eigenvalue weighted by molar-refractivity contribution is -0.142. The number of carbonyl (C=O) groups excluding carboxylic acids is 2. The van der Waals surface area contributed by atoms with Gasteiger partial charge in [0.05, 0.1) is 14.2 Å². The molecule has 0 fully saturated rings. The molecule has 0 heterocycles. The molecule has 2 rings (SSSR count). The van der Waals surface area contributed by atoms with Gasteiger partial charge >= 0.3 is 0 Å². The summed E-state index contributed by atoms with van der Waals surface area (Å²) in [6, 6.07) is 12.4. The average molecular weight is 415 g/mol. The lowest BCUT2D eigenvalue weighted by Crippen LogP contribution is -2.49. The first-order chi connectivity index (χ1) is 14.4. The molecule has 2 amide bonds. The van der Waals surface area contributed by atoms with Crippen LogP contribution in [0.2, 0.25) is 0 Å². The lowest BCUT2D eigenvalue weighted by atomic mass is 10.1. The molecule has 7 heteroatoms. The fourth-order valence-electron chi connectivity index (χ4n) is 3.19. The Bertz CT molecular complexity index is 846. The summed E-state index contributed by atoms with van der Waals surface area (Å²) in [6.45, 7) is 3.97. The maximum atomic E-state index is 13.1. The molecular weight excluding hydrogens is 384 g/mol. The summed E-state index contributed by atoms with van der Waals surface area (Å²) in [4.78, 5) is 27.1. The number of carbonyl (C=O) groups is 2. The normalized spacial score (nSPS) is 11.4. The van der Waals surface area contributed by atoms with Gasteiger partial charge in [-0.05, 0) is 18.9 Å². The minimum absolute atomic E-state index is 0.207. The van der Waals surface area contributed by atoms with Gasteiger partial charge in [-0.1, -0.05) is 36.8 Å². The molecule has 7 nitrogen and oxygen atoms in total. The van der Waals surface area contributed by atoms with Gasteiger partial charge in [0.15, 0.2) is 6.61 Å². The molecule has 0 spiro atoms. The topological polar surface area (TPSA) is 77.1 Å². The summed E-state index contributed by atoms with van der Waals surface area (Å²) >= 11 is 0. The molecule has 0 aliphatic carbocycles. The minimum atomic E-state index is -0.591. The summed E-state index contributed by atoms with van der Waals surface area (Å²) in [6.07, 6.45) is 0.490. The van der Waals surface area contributed by atoms with Crippen molar-refractivity contribution >= 4 is 11.8 Å². The van der Waals surface area contributed by atoms with E-state index in [-0.39, 0.29) is 18.4 Å². The smallest absolute Gasteiger partial charge is 0.261 e. The fraction of sp³-hybridized carbons (Fsp3) is 0.391. The van der Waals surface area contributed by atoms with Crippen molar-refractivity contribution in [2.45, 2.75) is 32.9 Å². The number of likely N-dealkylation sites (N-methyl/N-ethyl adjacent to an activating group) is 1. The summed E-state index contributed by atoms with van der Waals surface area (Å²) in [7, 11) is 4.66. The second-order valence-corrected chi connectivity index (χ2v) is 6.89. The zero-order chi connectivity index (χ0) is 22.1. The maximum Gasteiger partial charge on any atom is 0.261 e. The molecular formula is C23H30N2O5. The highest BCUT2D eigenvalue weighted by Crippen LogP contribution is 2.27. The Morgan fingerprint density at radius 1 is 1.03 bits per heavy atom. The molecule has 0 bridgehead atoms. The molecule has 0 saturated heterocycles. The Kier molecular flexibility index (Phi) is 8.53. The Morgan fingerprint density at radius 3 is 2.20 bits per heavy atom. The van der Waals surface area contributed by atoms with Crippen LogP contribution in [-0.4, -0.2) is 50.6 Å². The third-order valence-corrected chi connectivity index (χ3v) is 4.75. The number of hydrogen-bond acceptors (Lipinski definition) is 5. The standard InChI is InChI=1S/C23H30N2O5/c1-6-21(23(27)24-3)25(14-17-9-7-8-16(2)10-17)22(26)15-30-20-12-18(28-4)11-19(13-20)29-5/h7-13,21H,6,14-15H2,1-5H3,(H,24,27)/t21-/m1/s1. The molecule has 2 aromatic carbocycles. The van der Waals surface area contributed by atoms with Crippen LogP contribution in [0, 0.1) is 6.92 Å². The molecule has 0 radical (unpaired) electrons. The van der Waals surface area contributed by atoms with E-state index < -0.39 is 6.04 Å². The van der Waals surface area contributed by atoms with Gasteiger partial charge in [0.25, 0.3) is 5.91 Å². The molecule has 1 N–H and O–H groups in total. The van der Waals surface area contributed by atoms with Crippen LogP contribution >= 0.6 is 0 Å². The van der Waals surface area contributed by atoms with E-state index in [0.29, 0.717) is 30.2 Å². The first kappa shape index (κ1) is 23.1. The molecule has 0 unspecified atom stereocenters. The zero-order valence-corrected chi connectivity index (χ0v) is 18.2. The summed E-state index contributed by atoms with van der Waals surface area (Å²) in [5.41, 5.74) is 2.04. The zero-order valence-electron chi connectivity index (χ0n) is 18.2. The van der Waals surface area contributed by atoms with E-state index in [1.807, 2.05) is 38.1 Å². The monoisotopic (exact) mass is 414 g/mol. The van der Waals surface area contributed by atoms with Crippen molar-refractivity contribution < 1.29 is 23.8 Å². The molecule has 2 aromatic rings. The van der Waals surface area contributed by atoms with Gasteiger partial charge in [-0.25, -0.2) is 0 Å². The SMILES string of the molecule is CC[C@H](C(=O)NC)N(Cc1cccc(C)c1)C(=O)COc1cc(OC)cc(OC)c1. The number of aryl methyl sites for hydroxylation is 1. The highest BCUT2D eigenvalue weighted by Gasteiger charge is 2.28. The molecule has 0 aliphatic rings. The summed E-state index contributed by atoms with van der Waals surface area (Å²) in [5.74, 6) is 1.08. The quantitative estimate of drug-likeness (QED) is 0.647. The first-order valence-electron chi connectivity index (χ1n) is 9.84. The highest BCUT2D eigenvalue weighted by atomic mass is 16.5. The van der Waals surface area contributed by atoms with Crippen molar-refractivity contribution in [2.75, 3.05) is 27.9 Å². The number of nitrogens with zero attached hydrogens (tertiary/aromatic N) is 1. The number of ether oxygens (including phenoxy) is 3. The molecule has 0 saturated carbocycles. The predicted octanol–water partition coefficient (Wildman–Crippen LogP) is 2.94. The van der Waals surface area contributed by atoms with Crippen LogP contribution in [0.15, 0.2) is 42.5 Å². The van der Waals surface area contributed by atoms with E-state index in [9.17, 15) is 9.59 Å². The third-order valence-electron chi connectivity index (χ3n) is 4.75. The van der Waals surface area contributed by atoms with Gasteiger partial charge in [-0.3, -0.25) is 9.59 Å². The Hall–Kier alpha value is -3.22. The van der Waals surface area contributed by atoms with Crippen LogP contribution in [0.5, 0.6) is 17.2 Å². The lowest BCUT2D eigenvalue weighted by Gasteiger charge is -2.30. The van der Waals surface area contributed by atoms with Gasteiger partial charge in [-0.2, -0.15) is 0 Å². The minimum Gasteiger partial charge on any atom is -0.496 e. The van der Waals surface area contributed by atoms with Gasteiger partial charge in [0.2, 0.25) is 5.91 Å². The third kappa shape index (κ3) is 6.14. The molecule has 0 aliphatic heterocycles. The average Bonchev–Trinajstić information content (AvgIpc) is 2.76. The van der Waals surface area contributed by atoms with Crippen LogP contribution in [0.3, 0.4) is 0 Å². The van der Waals surface area contributed by atoms with Crippen LogP contribution in [0.25, 0.3) is 0 Å². The molecule has 30 heavy (non-hydrogen) atoms. The van der Waals surface area contributed by atoms with Crippen LogP contribution in [0.1, 0.15) is 24.5 Å². The predicted molar refractivity (Wildman–Crippen MR) is 115 cm³/mol. The number of amides is 2. The van der Waals surface area contributed by atoms with Gasteiger partial charge in [0.1, 0.15) is 23.3 Å². The van der Waals surface area contributed by atoms with Gasteiger partial charge < -0.3 is 24.4 Å². The van der Waals surface area contributed by atoms with E-state index >= 15 is 0 Å². The first-order valence-corrected chi connectivity index (χ1v) is 9.84.